The number of alkyl halides is 3. The van der Waals surface area contributed by atoms with E-state index < -0.39 is 31.4 Å². The number of para-hydroxylation sites is 3. The van der Waals surface area contributed by atoms with Crippen molar-refractivity contribution in [3.63, 3.8) is 0 Å². The van der Waals surface area contributed by atoms with Crippen LogP contribution in [0, 0.1) is 64.3 Å². The van der Waals surface area contributed by atoms with Crippen LogP contribution in [0.25, 0.3) is 82.9 Å². The van der Waals surface area contributed by atoms with Gasteiger partial charge in [0, 0.05) is 105 Å². The first-order valence-electron chi connectivity index (χ1n) is 31.2. The van der Waals surface area contributed by atoms with Gasteiger partial charge >= 0.3 is 29.6 Å². The molecule has 0 amide bonds. The van der Waals surface area contributed by atoms with E-state index in [0.717, 1.165) is 100 Å². The zero-order valence-corrected chi connectivity index (χ0v) is 58.4. The van der Waals surface area contributed by atoms with Crippen molar-refractivity contribution < 1.29 is 45.8 Å². The van der Waals surface area contributed by atoms with E-state index in [1.54, 1.807) is 24.3 Å². The molecule has 0 bridgehead atoms. The van der Waals surface area contributed by atoms with Gasteiger partial charge in [-0.1, -0.05) is 70.5 Å². The Morgan fingerprint density at radius 3 is 1.23 bits per heavy atom. The van der Waals surface area contributed by atoms with Crippen LogP contribution in [0.3, 0.4) is 0 Å². The quantitative estimate of drug-likeness (QED) is 0.0417. The molecule has 0 radical (unpaired) electrons. The molecule has 23 nitrogen and oxygen atoms in total. The van der Waals surface area contributed by atoms with Crippen LogP contribution in [0.5, 0.6) is 0 Å². The molecule has 0 spiro atoms. The van der Waals surface area contributed by atoms with Gasteiger partial charge in [0.15, 0.2) is 0 Å². The van der Waals surface area contributed by atoms with Gasteiger partial charge in [0.05, 0.1) is 58.9 Å². The maximum atomic E-state index is 13.3. The molecule has 12 aromatic rings. The summed E-state index contributed by atoms with van der Waals surface area (Å²) in [6.07, 6.45) is 8.05. The molecule has 0 saturated carbocycles. The summed E-state index contributed by atoms with van der Waals surface area (Å²) in [4.78, 5) is 76.2. The van der Waals surface area contributed by atoms with Gasteiger partial charge in [-0.3, -0.25) is 58.4 Å². The number of fused-ring (bicyclic) bond motifs is 9. The molecule has 6 aromatic carbocycles. The monoisotopic (exact) mass is 1430 g/mol. The summed E-state index contributed by atoms with van der Waals surface area (Å²) >= 11 is 14.4. The molecule has 2 fully saturated rings. The van der Waals surface area contributed by atoms with E-state index in [1.165, 1.54) is 119 Å². The number of non-ortho nitro benzene ring substituents is 3. The van der Waals surface area contributed by atoms with E-state index in [2.05, 4.69) is 40.3 Å². The number of aromatic amines is 1. The van der Waals surface area contributed by atoms with Crippen LogP contribution in [0.2, 0.25) is 0 Å². The number of hydrogen-bond donors (Lipinski definition) is 2. The summed E-state index contributed by atoms with van der Waals surface area (Å²) < 4.78 is 8.61. The van der Waals surface area contributed by atoms with Crippen molar-refractivity contribution in [3.05, 3.63) is 242 Å². The number of rotatable bonds is 15. The maximum Gasteiger partial charge on any atom is 1.00 e. The number of aryl methyl sites for hydroxylation is 2. The summed E-state index contributed by atoms with van der Waals surface area (Å²) in [6.45, 7) is 7.21. The minimum Gasteiger partial charge on any atom is -1.00 e. The molecule has 14 rings (SSSR count). The van der Waals surface area contributed by atoms with Crippen LogP contribution in [0.4, 0.5) is 17.1 Å². The van der Waals surface area contributed by atoms with Crippen LogP contribution in [-0.2, 0) is 13.1 Å². The molecule has 2 N–H and O–H groups in total. The van der Waals surface area contributed by atoms with Crippen molar-refractivity contribution in [2.75, 3.05) is 49.8 Å². The number of aromatic nitrogens is 6. The Morgan fingerprint density at radius 2 is 0.857 bits per heavy atom. The van der Waals surface area contributed by atoms with Crippen LogP contribution in [-0.4, -0.2) is 97.3 Å². The standard InChI is InChI=1S/C25H23N5O3.C21H15ClN4O3.C18H10N4O3.C4H9N.C3H6BrCl.Na.H/c26-17-18-16-23-24(29(25(18)31)19-8-10-20(11-9-19)30(32)33)21-6-1-2-7-22(21)28(23)15-5-14-27-12-3-4-13-27;22-10-3-11-24-18-5-2-1-4-17(18)20-19(24)12-14(13-23)21(27)25(20)15-6-8-16(9-7-15)26(28)29;19-10-11-9-16-17(14-3-1-2-4-15(14)20-16)21(18(11)23)12-5-7-13(8-6-12)22(24)25;1-2-4-5-3-1;4-2-1-3-5;;/h1-2,6-11,16H,3-5,12-15H2;1-2,4-9,12H,3,10-11H2;1-9,20H;5H,1-4H2;1-3H2;;/q;;;;;+1;-1. The molecule has 6 aromatic heterocycles. The van der Waals surface area contributed by atoms with E-state index in [4.69, 9.17) is 23.2 Å². The first-order chi connectivity index (χ1) is 47.2. The van der Waals surface area contributed by atoms with Gasteiger partial charge in [0.2, 0.25) is 0 Å². The van der Waals surface area contributed by atoms with Gasteiger partial charge in [0.25, 0.3) is 33.7 Å². The third kappa shape index (κ3) is 15.8. The molecular formula is C71H64BrCl2N14NaO9. The summed E-state index contributed by atoms with van der Waals surface area (Å²) in [7, 11) is 0. The molecule has 0 unspecified atom stereocenters. The zero-order chi connectivity index (χ0) is 68.7. The summed E-state index contributed by atoms with van der Waals surface area (Å²) in [5.41, 5.74) is 6.89. The van der Waals surface area contributed by atoms with Crippen molar-refractivity contribution in [2.24, 2.45) is 0 Å². The van der Waals surface area contributed by atoms with Crippen LogP contribution < -0.4 is 51.6 Å². The molecule has 2 aliphatic heterocycles. The average molecular weight is 1430 g/mol. The molecule has 2 saturated heterocycles. The van der Waals surface area contributed by atoms with E-state index >= 15 is 0 Å². The van der Waals surface area contributed by atoms with Crippen LogP contribution >= 0.6 is 39.1 Å². The smallest absolute Gasteiger partial charge is 1.00 e. The number of nitrogens with one attached hydrogen (secondary N) is 2. The fourth-order valence-corrected chi connectivity index (χ4v) is 13.0. The molecule has 8 heterocycles. The second-order valence-electron chi connectivity index (χ2n) is 22.6. The van der Waals surface area contributed by atoms with E-state index in [-0.39, 0.29) is 64.7 Å². The fraction of sp³-hybridized carbons (Fsp3) is 0.239. The van der Waals surface area contributed by atoms with E-state index in [9.17, 15) is 60.5 Å². The van der Waals surface area contributed by atoms with Crippen molar-refractivity contribution in [1.82, 2.24) is 38.0 Å². The number of benzene rings is 6. The average Bonchev–Trinajstić information content (AvgIpc) is 1.60. The minimum atomic E-state index is -0.500. The number of halogens is 3. The van der Waals surface area contributed by atoms with Gasteiger partial charge < -0.3 is 25.8 Å². The van der Waals surface area contributed by atoms with Gasteiger partial charge in [-0.05, 0) is 150 Å². The number of nitro benzene ring substituents is 3. The molecule has 0 aliphatic carbocycles. The topological polar surface area (TPSA) is 308 Å². The molecule has 98 heavy (non-hydrogen) atoms. The van der Waals surface area contributed by atoms with Gasteiger partial charge in [0.1, 0.15) is 34.9 Å². The Hall–Kier alpha value is -9.78. The second kappa shape index (κ2) is 33.9. The van der Waals surface area contributed by atoms with E-state index in [1.807, 2.05) is 91.0 Å². The van der Waals surface area contributed by atoms with Gasteiger partial charge in [-0.15, -0.1) is 23.2 Å². The first-order valence-corrected chi connectivity index (χ1v) is 33.4. The normalized spacial score (nSPS) is 12.4. The number of pyridine rings is 3. The first kappa shape index (κ1) is 72.5. The van der Waals surface area contributed by atoms with Gasteiger partial charge in [-0.2, -0.15) is 15.8 Å². The SMILES string of the molecule is C1CCNC1.ClCCCBr.N#Cc1cc2[nH]c3ccccc3c2n(-c2ccc([N+](=O)[O-])cc2)c1=O.N#Cc1cc2c(c3ccccc3n2CCCCl)n(-c2ccc([N+](=O)[O-])cc2)c1=O.N#Cc1cc2c(c3ccccc3n2CCCN2CCCC2)n(-c2ccc([N+](=O)[O-])cc2)c1=O.[H-].[Na+]. The third-order valence-corrected chi connectivity index (χ3v) is 17.7. The summed E-state index contributed by atoms with van der Waals surface area (Å²) in [5.74, 6) is 1.26. The molecule has 2 aliphatic rings. The summed E-state index contributed by atoms with van der Waals surface area (Å²) in [5, 5.41) is 68.3. The Balaban J connectivity index is 0.000000176. The van der Waals surface area contributed by atoms with Crippen LogP contribution in [0.1, 0.15) is 63.1 Å². The maximum absolute atomic E-state index is 13.3. The number of nitro groups is 3. The molecule has 27 heteroatoms. The predicted molar refractivity (Wildman–Crippen MR) is 384 cm³/mol. The molecule has 0 atom stereocenters. The Bertz CT molecular complexity index is 5230. The predicted octanol–water partition coefficient (Wildman–Crippen LogP) is 11.3. The second-order valence-corrected chi connectivity index (χ2v) is 24.2. The Labute approximate surface area is 602 Å². The minimum absolute atomic E-state index is 0. The number of hydrogen-bond acceptors (Lipinski definition) is 14. The van der Waals surface area contributed by atoms with Crippen molar-refractivity contribution in [1.29, 1.82) is 15.8 Å². The Morgan fingerprint density at radius 1 is 0.469 bits per heavy atom. The van der Waals surface area contributed by atoms with Crippen molar-refractivity contribution >= 4 is 122 Å². The molecule has 494 valence electrons. The number of likely N-dealkylation sites (tertiary alicyclic amines) is 1. The summed E-state index contributed by atoms with van der Waals surface area (Å²) in [6, 6.07) is 51.1. The number of H-pyrrole nitrogens is 1. The van der Waals surface area contributed by atoms with Crippen LogP contribution in [0.15, 0.2) is 178 Å². The Kier molecular flexibility index (Phi) is 25.1. The van der Waals surface area contributed by atoms with Crippen molar-refractivity contribution in [2.45, 2.75) is 58.0 Å². The van der Waals surface area contributed by atoms with Crippen molar-refractivity contribution in [3.8, 4) is 35.3 Å². The number of nitriles is 3. The zero-order valence-electron chi connectivity index (χ0n) is 54.3. The third-order valence-electron chi connectivity index (χ3n) is 16.6. The van der Waals surface area contributed by atoms with E-state index in [0.29, 0.717) is 51.6 Å². The largest absolute Gasteiger partial charge is 1.00 e. The fourth-order valence-electron chi connectivity index (χ4n) is 12.1. The molecular weight excluding hydrogens is 1370 g/mol. The number of nitrogens with zero attached hydrogens (tertiary/aromatic N) is 12. The van der Waals surface area contributed by atoms with Gasteiger partial charge in [-0.25, -0.2) is 0 Å².